The van der Waals surface area contributed by atoms with Crippen molar-refractivity contribution in [3.63, 3.8) is 0 Å². The van der Waals surface area contributed by atoms with Gasteiger partial charge in [-0.3, -0.25) is 14.5 Å². The molecule has 5 rings (SSSR count). The van der Waals surface area contributed by atoms with Crippen LogP contribution in [-0.4, -0.2) is 46.8 Å². The molecule has 0 bridgehead atoms. The quantitative estimate of drug-likeness (QED) is 0.316. The number of carbonyl (C=O) groups excluding carboxylic acids is 2. The third kappa shape index (κ3) is 6.06. The molecule has 8 nitrogen and oxygen atoms in total. The lowest BCUT2D eigenvalue weighted by molar-refractivity contribution is -0.611. The van der Waals surface area contributed by atoms with E-state index in [9.17, 15) is 23.6 Å². The molecule has 0 spiro atoms. The summed E-state index contributed by atoms with van der Waals surface area (Å²) in [7, 11) is 1.99. The zero-order valence-corrected chi connectivity index (χ0v) is 23.5. The zero-order valence-electron chi connectivity index (χ0n) is 22.7. The van der Waals surface area contributed by atoms with Crippen molar-refractivity contribution in [3.05, 3.63) is 75.7 Å². The van der Waals surface area contributed by atoms with Crippen LogP contribution in [0.3, 0.4) is 0 Å². The van der Waals surface area contributed by atoms with Crippen molar-refractivity contribution in [2.45, 2.75) is 57.7 Å². The molecular formula is C29H31ClF3N5O3. The number of hydrogen-bond acceptors (Lipinski definition) is 4. The summed E-state index contributed by atoms with van der Waals surface area (Å²) in [6.45, 7) is 3.56. The molecule has 3 aromatic rings. The van der Waals surface area contributed by atoms with Crippen LogP contribution in [0.25, 0.3) is 11.1 Å². The fourth-order valence-electron chi connectivity index (χ4n) is 5.70. The average molecular weight is 590 g/mol. The summed E-state index contributed by atoms with van der Waals surface area (Å²) in [5.74, 6) is -5.16. The number of alkyl halides is 2. The van der Waals surface area contributed by atoms with Gasteiger partial charge in [-0.05, 0) is 56.1 Å². The van der Waals surface area contributed by atoms with Crippen molar-refractivity contribution >= 4 is 29.1 Å². The van der Waals surface area contributed by atoms with E-state index in [-0.39, 0.29) is 53.2 Å². The van der Waals surface area contributed by atoms with Crippen LogP contribution in [-0.2, 0) is 17.9 Å². The second-order valence-corrected chi connectivity index (χ2v) is 11.3. The van der Waals surface area contributed by atoms with Gasteiger partial charge in [-0.2, -0.15) is 4.73 Å². The van der Waals surface area contributed by atoms with Crippen molar-refractivity contribution in [3.8, 4) is 11.1 Å². The number of nitrogens with zero attached hydrogens (tertiary/aromatic N) is 3. The molecule has 1 fully saturated rings. The maximum atomic E-state index is 15.2. The summed E-state index contributed by atoms with van der Waals surface area (Å²) in [5, 5.41) is 17.6. The summed E-state index contributed by atoms with van der Waals surface area (Å²) >= 11 is 6.24. The van der Waals surface area contributed by atoms with E-state index in [1.165, 1.54) is 31.3 Å². The lowest BCUT2D eigenvalue weighted by Gasteiger charge is -2.33. The summed E-state index contributed by atoms with van der Waals surface area (Å²) in [6, 6.07) is 7.78. The van der Waals surface area contributed by atoms with Gasteiger partial charge >= 0.3 is 0 Å². The van der Waals surface area contributed by atoms with Crippen LogP contribution in [0.15, 0.2) is 42.6 Å². The molecule has 1 unspecified atom stereocenters. The van der Waals surface area contributed by atoms with Gasteiger partial charge in [0.2, 0.25) is 11.8 Å². The molecule has 1 atom stereocenters. The van der Waals surface area contributed by atoms with E-state index in [0.717, 1.165) is 18.3 Å². The molecule has 2 amide bonds. The summed E-state index contributed by atoms with van der Waals surface area (Å²) in [5.41, 5.74) is 2.00. The second-order valence-electron chi connectivity index (χ2n) is 10.9. The number of hydrogen-bond donors (Lipinski definition) is 2. The van der Waals surface area contributed by atoms with Gasteiger partial charge in [0.1, 0.15) is 17.6 Å². The number of rotatable bonds is 6. The first kappa shape index (κ1) is 28.9. The van der Waals surface area contributed by atoms with Crippen LogP contribution in [0.5, 0.6) is 0 Å². The maximum Gasteiger partial charge on any atom is 0.268 e. The summed E-state index contributed by atoms with van der Waals surface area (Å²) in [4.78, 5) is 29.0. The van der Waals surface area contributed by atoms with Crippen molar-refractivity contribution in [2.24, 2.45) is 5.92 Å². The molecule has 2 aliphatic rings. The Morgan fingerprint density at radius 3 is 2.59 bits per heavy atom. The number of amides is 2. The number of likely N-dealkylation sites (N-methyl/N-ethyl adjacent to an activating group) is 1. The highest BCUT2D eigenvalue weighted by Gasteiger charge is 2.40. The van der Waals surface area contributed by atoms with Gasteiger partial charge < -0.3 is 20.4 Å². The van der Waals surface area contributed by atoms with Crippen LogP contribution in [0.4, 0.5) is 18.9 Å². The topological polar surface area (TPSA) is 93.3 Å². The van der Waals surface area contributed by atoms with Crippen molar-refractivity contribution < 1.29 is 27.5 Å². The molecule has 0 radical (unpaired) electrons. The zero-order chi connectivity index (χ0) is 29.5. The summed E-state index contributed by atoms with van der Waals surface area (Å²) in [6.07, 6.45) is 0.563. The van der Waals surface area contributed by atoms with Crippen LogP contribution in [0.2, 0.25) is 5.02 Å². The Balaban J connectivity index is 1.38. The van der Waals surface area contributed by atoms with Crippen molar-refractivity contribution in [2.75, 3.05) is 18.9 Å². The van der Waals surface area contributed by atoms with E-state index >= 15 is 4.39 Å². The molecule has 0 saturated heterocycles. The molecule has 1 aromatic carbocycles. The second kappa shape index (κ2) is 11.4. The number of carbonyl (C=O) groups is 2. The molecule has 41 heavy (non-hydrogen) atoms. The lowest BCUT2D eigenvalue weighted by Crippen LogP contribution is -2.50. The molecule has 2 aromatic heterocycles. The molecule has 1 aliphatic heterocycles. The lowest BCUT2D eigenvalue weighted by atomic mass is 9.81. The largest absolute Gasteiger partial charge is 0.618 e. The van der Waals surface area contributed by atoms with Gasteiger partial charge in [0.15, 0.2) is 11.9 Å². The Bertz CT molecular complexity index is 1480. The highest BCUT2D eigenvalue weighted by Crippen LogP contribution is 2.38. The van der Waals surface area contributed by atoms with Gasteiger partial charge in [0.05, 0.1) is 10.6 Å². The Hall–Kier alpha value is -3.57. The molecule has 12 heteroatoms. The normalized spacial score (nSPS) is 18.0. The molecule has 2 N–H and O–H groups in total. The minimum Gasteiger partial charge on any atom is -0.618 e. The number of benzene rings is 1. The molecule has 3 heterocycles. The average Bonchev–Trinajstić information content (AvgIpc) is 3.34. The van der Waals surface area contributed by atoms with E-state index in [0.29, 0.717) is 23.5 Å². The minimum absolute atomic E-state index is 0.0523. The molecule has 218 valence electrons. The first-order valence-electron chi connectivity index (χ1n) is 13.5. The van der Waals surface area contributed by atoms with Crippen LogP contribution in [0.1, 0.15) is 47.6 Å². The smallest absolute Gasteiger partial charge is 0.268 e. The van der Waals surface area contributed by atoms with Crippen LogP contribution < -0.4 is 15.4 Å². The standard InChI is InChI=1S/C29H31ClF3N5O3/c1-17-25(22(30)9-12-38(17)41)21-5-3-19(15-23(21)31)34-28(40)26(18-7-10-29(32,33)11-8-18)35-27(39)24-6-4-20-16-36(2)13-14-37(20)24/h3-6,9,12,15,18,26H,7-8,10-11,13-14,16H2,1-2H3,(H,34,40)(H,35,39). The van der Waals surface area contributed by atoms with E-state index in [1.807, 2.05) is 17.7 Å². The summed E-state index contributed by atoms with van der Waals surface area (Å²) < 4.78 is 45.6. The number of fused-ring (bicyclic) bond motifs is 1. The number of nitrogens with one attached hydrogen (secondary N) is 2. The van der Waals surface area contributed by atoms with Crippen LogP contribution >= 0.6 is 11.6 Å². The van der Waals surface area contributed by atoms with Gasteiger partial charge in [-0.15, -0.1) is 0 Å². The fraction of sp³-hybridized carbons (Fsp3) is 0.414. The van der Waals surface area contributed by atoms with Crippen molar-refractivity contribution in [1.82, 2.24) is 14.8 Å². The number of halogens is 4. The SMILES string of the molecule is Cc1c(-c2ccc(NC(=O)C(NC(=O)c3ccc4n3CCN(C)C4)C3CCC(F)(F)CC3)cc2F)c(Cl)cc[n+]1[O-]. The first-order chi connectivity index (χ1) is 19.4. The van der Waals surface area contributed by atoms with E-state index in [2.05, 4.69) is 15.5 Å². The van der Waals surface area contributed by atoms with E-state index < -0.39 is 35.5 Å². The highest BCUT2D eigenvalue weighted by molar-refractivity contribution is 6.33. The third-order valence-corrected chi connectivity index (χ3v) is 8.35. The Labute approximate surface area is 240 Å². The Kier molecular flexibility index (Phi) is 8.02. The van der Waals surface area contributed by atoms with Gasteiger partial charge in [-0.1, -0.05) is 11.6 Å². The van der Waals surface area contributed by atoms with Gasteiger partial charge in [-0.25, -0.2) is 13.2 Å². The highest BCUT2D eigenvalue weighted by atomic mass is 35.5. The predicted octanol–water partition coefficient (Wildman–Crippen LogP) is 4.90. The minimum atomic E-state index is -2.81. The predicted molar refractivity (Wildman–Crippen MR) is 148 cm³/mol. The molecule has 1 aliphatic carbocycles. The van der Waals surface area contributed by atoms with Gasteiger partial charge in [0, 0.05) is 62.4 Å². The maximum absolute atomic E-state index is 15.2. The molecule has 1 saturated carbocycles. The Morgan fingerprint density at radius 1 is 1.15 bits per heavy atom. The number of anilines is 1. The van der Waals surface area contributed by atoms with Gasteiger partial charge in [0.25, 0.3) is 5.91 Å². The Morgan fingerprint density at radius 2 is 1.88 bits per heavy atom. The van der Waals surface area contributed by atoms with Crippen LogP contribution in [0, 0.1) is 23.9 Å². The third-order valence-electron chi connectivity index (χ3n) is 8.04. The monoisotopic (exact) mass is 589 g/mol. The number of aromatic nitrogens is 2. The first-order valence-corrected chi connectivity index (χ1v) is 13.9. The molecular weight excluding hydrogens is 559 g/mol. The number of pyridine rings is 1. The van der Waals surface area contributed by atoms with E-state index in [4.69, 9.17) is 11.6 Å². The fourth-order valence-corrected chi connectivity index (χ4v) is 5.99. The van der Waals surface area contributed by atoms with E-state index in [1.54, 1.807) is 6.07 Å². The van der Waals surface area contributed by atoms with Crippen molar-refractivity contribution in [1.29, 1.82) is 0 Å².